The molecule has 2 heterocycles. The van der Waals surface area contributed by atoms with Crippen LogP contribution in [0, 0.1) is 6.57 Å². The predicted octanol–water partition coefficient (Wildman–Crippen LogP) is 7.99. The van der Waals surface area contributed by atoms with Crippen molar-refractivity contribution >= 4 is 6.09 Å². The zero-order chi connectivity index (χ0) is 33.9. The van der Waals surface area contributed by atoms with E-state index in [2.05, 4.69) is 15.0 Å². The van der Waals surface area contributed by atoms with Gasteiger partial charge in [0.05, 0.1) is 35.8 Å². The van der Waals surface area contributed by atoms with Crippen molar-refractivity contribution in [2.45, 2.75) is 56.0 Å². The molecule has 14 heteroatoms. The summed E-state index contributed by atoms with van der Waals surface area (Å²) in [4.78, 5) is 19.2. The summed E-state index contributed by atoms with van der Waals surface area (Å²) >= 11 is 0. The summed E-state index contributed by atoms with van der Waals surface area (Å²) in [6.07, 6.45) is -9.10. The molecule has 3 atom stereocenters. The van der Waals surface area contributed by atoms with Gasteiger partial charge in [-0.25, -0.2) is 15.9 Å². The number of halogens is 6. The second-order valence-corrected chi connectivity index (χ2v) is 11.3. The van der Waals surface area contributed by atoms with Gasteiger partial charge in [0.25, 0.3) is 0 Å². The molecule has 0 bridgehead atoms. The normalized spacial score (nSPS) is 20.8. The Morgan fingerprint density at radius 1 is 0.915 bits per heavy atom. The smallest absolute Gasteiger partial charge is 0.416 e. The number of benzene rings is 3. The highest BCUT2D eigenvalue weighted by Crippen LogP contribution is 2.46. The van der Waals surface area contributed by atoms with Crippen LogP contribution in [-0.4, -0.2) is 38.9 Å². The van der Waals surface area contributed by atoms with E-state index in [9.17, 15) is 31.1 Å². The second kappa shape index (κ2) is 13.1. The Balaban J connectivity index is 1.54. The second-order valence-electron chi connectivity index (χ2n) is 11.3. The third-order valence-electron chi connectivity index (χ3n) is 8.36. The average molecular weight is 658 g/mol. The molecule has 8 nitrogen and oxygen atoms in total. The lowest BCUT2D eigenvalue weighted by Gasteiger charge is -2.49. The molecule has 4 aromatic rings. The van der Waals surface area contributed by atoms with Crippen molar-refractivity contribution in [2.24, 2.45) is 0 Å². The van der Waals surface area contributed by atoms with Gasteiger partial charge >= 0.3 is 24.1 Å². The van der Waals surface area contributed by atoms with E-state index in [0.29, 0.717) is 23.3 Å². The number of nitrogens with zero attached hydrogens (tertiary/aromatic N) is 5. The fraction of sp³-hybridized carbons (Fsp3) is 0.333. The van der Waals surface area contributed by atoms with Crippen LogP contribution in [0.5, 0.6) is 0 Å². The fourth-order valence-electron chi connectivity index (χ4n) is 5.69. The summed E-state index contributed by atoms with van der Waals surface area (Å²) < 4.78 is 95.0. The maximum absolute atomic E-state index is 14.0. The number of alkyl halides is 6. The van der Waals surface area contributed by atoms with Crippen LogP contribution in [0.15, 0.2) is 91.5 Å². The number of ether oxygens (including phenoxy) is 2. The molecule has 5 rings (SSSR count). The quantitative estimate of drug-likeness (QED) is 0.142. The summed E-state index contributed by atoms with van der Waals surface area (Å²) in [5.41, 5.74) is -4.66. The number of aromatic nitrogens is 3. The zero-order valence-corrected chi connectivity index (χ0v) is 25.0. The van der Waals surface area contributed by atoms with Crippen molar-refractivity contribution in [1.29, 1.82) is 0 Å². The predicted molar refractivity (Wildman–Crippen MR) is 156 cm³/mol. The highest BCUT2D eigenvalue weighted by molar-refractivity contribution is 5.70. The van der Waals surface area contributed by atoms with Crippen LogP contribution in [0.2, 0.25) is 0 Å². The molecule has 0 spiro atoms. The van der Waals surface area contributed by atoms with Crippen molar-refractivity contribution in [3.05, 3.63) is 131 Å². The van der Waals surface area contributed by atoms with Crippen molar-refractivity contribution in [3.8, 4) is 0 Å². The third-order valence-corrected chi connectivity index (χ3v) is 8.36. The number of amides is 1. The summed E-state index contributed by atoms with van der Waals surface area (Å²) in [6.45, 7) is 8.79. The first kappa shape index (κ1) is 33.5. The van der Waals surface area contributed by atoms with E-state index in [1.165, 1.54) is 29.0 Å². The molecule has 1 aliphatic heterocycles. The van der Waals surface area contributed by atoms with Gasteiger partial charge in [-0.2, -0.15) is 26.3 Å². The van der Waals surface area contributed by atoms with E-state index >= 15 is 0 Å². The van der Waals surface area contributed by atoms with Gasteiger partial charge in [-0.05, 0) is 48.2 Å². The Hall–Kier alpha value is -4.90. The molecule has 246 valence electrons. The molecule has 0 saturated carbocycles. The molecule has 1 fully saturated rings. The maximum Gasteiger partial charge on any atom is 0.416 e. The van der Waals surface area contributed by atoms with Gasteiger partial charge in [0, 0.05) is 0 Å². The summed E-state index contributed by atoms with van der Waals surface area (Å²) in [5, 5.41) is 7.65. The monoisotopic (exact) mass is 657 g/mol. The lowest BCUT2D eigenvalue weighted by molar-refractivity contribution is -0.143. The number of hydrogen-bond acceptors (Lipinski definition) is 5. The largest absolute Gasteiger partial charge is 0.445 e. The Morgan fingerprint density at radius 2 is 1.49 bits per heavy atom. The van der Waals surface area contributed by atoms with Gasteiger partial charge < -0.3 is 9.47 Å². The number of rotatable bonds is 8. The SMILES string of the molecule is [C-]#[N+][C@@]1(n2cnnc2)CC[C@@](CO[C@H](C)c2cc(C(F)(F)F)cc(C(F)(F)F)c2)(c2ccccc2)N(C(=O)OCc2ccccc2)C1. The van der Waals surface area contributed by atoms with Crippen LogP contribution >= 0.6 is 0 Å². The summed E-state index contributed by atoms with van der Waals surface area (Å²) in [6, 6.07) is 18.9. The maximum atomic E-state index is 14.0. The highest BCUT2D eigenvalue weighted by Gasteiger charge is 2.56. The van der Waals surface area contributed by atoms with Crippen LogP contribution in [-0.2, 0) is 39.6 Å². The molecule has 0 radical (unpaired) electrons. The summed E-state index contributed by atoms with van der Waals surface area (Å²) in [7, 11) is 0. The van der Waals surface area contributed by atoms with Gasteiger partial charge in [0.1, 0.15) is 25.8 Å². The molecular weight excluding hydrogens is 628 g/mol. The minimum atomic E-state index is -5.03. The highest BCUT2D eigenvalue weighted by atomic mass is 19.4. The Bertz CT molecular complexity index is 1680. The first-order chi connectivity index (χ1) is 22.3. The third kappa shape index (κ3) is 7.10. The molecule has 1 amide bonds. The first-order valence-electron chi connectivity index (χ1n) is 14.5. The summed E-state index contributed by atoms with van der Waals surface area (Å²) in [5.74, 6) is 0. The van der Waals surface area contributed by atoms with Gasteiger partial charge in [-0.3, -0.25) is 9.74 Å². The Morgan fingerprint density at radius 3 is 2.04 bits per heavy atom. The van der Waals surface area contributed by atoms with Crippen LogP contribution in [0.25, 0.3) is 4.85 Å². The van der Waals surface area contributed by atoms with Gasteiger partial charge in [0.2, 0.25) is 0 Å². The van der Waals surface area contributed by atoms with Gasteiger partial charge in [0.15, 0.2) is 0 Å². The van der Waals surface area contributed by atoms with Crippen LogP contribution in [0.3, 0.4) is 0 Å². The van der Waals surface area contributed by atoms with E-state index in [4.69, 9.17) is 16.0 Å². The van der Waals surface area contributed by atoms with Crippen molar-refractivity contribution < 1.29 is 40.6 Å². The van der Waals surface area contributed by atoms with E-state index < -0.39 is 46.9 Å². The first-order valence-corrected chi connectivity index (χ1v) is 14.5. The van der Waals surface area contributed by atoms with Crippen molar-refractivity contribution in [3.63, 3.8) is 0 Å². The van der Waals surface area contributed by atoms with Crippen molar-refractivity contribution in [2.75, 3.05) is 13.2 Å². The average Bonchev–Trinajstić information content (AvgIpc) is 3.62. The standard InChI is InChI=1S/C33H29F6N5O3/c1-23(25-15-27(32(34,35)36)17-28(16-25)33(37,38)39)47-20-30(26-11-7-4-8-12-26)13-14-31(40-2,43-21-41-42-22-43)19-44(30)29(45)46-18-24-9-5-3-6-10-24/h3-12,15-17,21-23H,13-14,18-20H2,1H3/t23-,30-,31-/m1/s1. The number of piperidine rings is 1. The topological polar surface area (TPSA) is 73.8 Å². The van der Waals surface area contributed by atoms with Gasteiger partial charge in [-0.1, -0.05) is 60.7 Å². The van der Waals surface area contributed by atoms with E-state index in [1.807, 2.05) is 0 Å². The van der Waals surface area contributed by atoms with Gasteiger partial charge in [-0.15, -0.1) is 10.2 Å². The zero-order valence-electron chi connectivity index (χ0n) is 25.0. The van der Waals surface area contributed by atoms with E-state index in [0.717, 1.165) is 0 Å². The minimum absolute atomic E-state index is 0.0577. The van der Waals surface area contributed by atoms with Crippen molar-refractivity contribution in [1.82, 2.24) is 19.7 Å². The number of likely N-dealkylation sites (tertiary alicyclic amines) is 1. The van der Waals surface area contributed by atoms with Crippen LogP contribution in [0.1, 0.15) is 53.7 Å². The lowest BCUT2D eigenvalue weighted by atomic mass is 9.77. The number of carbonyl (C=O) groups excluding carboxylic acids is 1. The lowest BCUT2D eigenvalue weighted by Crippen LogP contribution is -2.61. The molecule has 47 heavy (non-hydrogen) atoms. The molecule has 1 aliphatic rings. The molecule has 0 unspecified atom stereocenters. The minimum Gasteiger partial charge on any atom is -0.445 e. The molecular formula is C33H29F6N5O3. The Kier molecular flexibility index (Phi) is 9.31. The molecule has 1 aromatic heterocycles. The number of hydrogen-bond donors (Lipinski definition) is 0. The number of carbonyl (C=O) groups is 1. The van der Waals surface area contributed by atoms with E-state index in [1.54, 1.807) is 60.7 Å². The Labute approximate surface area is 266 Å². The molecule has 0 N–H and O–H groups in total. The molecule has 0 aliphatic carbocycles. The fourth-order valence-corrected chi connectivity index (χ4v) is 5.69. The van der Waals surface area contributed by atoms with E-state index in [-0.39, 0.29) is 44.2 Å². The molecule has 1 saturated heterocycles. The van der Waals surface area contributed by atoms with Crippen LogP contribution < -0.4 is 0 Å². The van der Waals surface area contributed by atoms with Crippen LogP contribution in [0.4, 0.5) is 31.1 Å². The molecule has 3 aromatic carbocycles.